The number of rotatable bonds is 11. The summed E-state index contributed by atoms with van der Waals surface area (Å²) in [6.07, 6.45) is 1.85. The molecule has 0 spiro atoms. The van der Waals surface area contributed by atoms with Crippen LogP contribution in [0.3, 0.4) is 0 Å². The number of amides is 1. The van der Waals surface area contributed by atoms with Crippen LogP contribution < -0.4 is 19.5 Å². The Hall–Kier alpha value is -2.77. The molecule has 0 saturated carbocycles. The lowest BCUT2D eigenvalue weighted by Gasteiger charge is -2.32. The SMILES string of the molecule is CCOc1cccc(CN2CCC(Oc3cc(OC)ccc3C(=O)NCCOC)CC2)c1. The molecule has 1 aliphatic heterocycles. The predicted octanol–water partition coefficient (Wildman–Crippen LogP) is 3.51. The van der Waals surface area contributed by atoms with Crippen molar-refractivity contribution < 1.29 is 23.7 Å². The Morgan fingerprint density at radius 1 is 1.09 bits per heavy atom. The molecule has 2 aromatic carbocycles. The van der Waals surface area contributed by atoms with E-state index in [0.29, 0.717) is 36.8 Å². The zero-order valence-corrected chi connectivity index (χ0v) is 19.3. The summed E-state index contributed by atoms with van der Waals surface area (Å²) in [5, 5.41) is 2.86. The highest BCUT2D eigenvalue weighted by atomic mass is 16.5. The Morgan fingerprint density at radius 3 is 2.62 bits per heavy atom. The fraction of sp³-hybridized carbons (Fsp3) is 0.480. The Morgan fingerprint density at radius 2 is 1.91 bits per heavy atom. The summed E-state index contributed by atoms with van der Waals surface area (Å²) in [4.78, 5) is 15.0. The molecule has 0 unspecified atom stereocenters. The van der Waals surface area contributed by atoms with Gasteiger partial charge in [0.25, 0.3) is 5.91 Å². The molecule has 7 nitrogen and oxygen atoms in total. The molecule has 32 heavy (non-hydrogen) atoms. The third-order valence-corrected chi connectivity index (χ3v) is 5.47. The molecule has 7 heteroatoms. The minimum atomic E-state index is -0.175. The quantitative estimate of drug-likeness (QED) is 0.537. The van der Waals surface area contributed by atoms with Gasteiger partial charge >= 0.3 is 0 Å². The summed E-state index contributed by atoms with van der Waals surface area (Å²) >= 11 is 0. The average Bonchev–Trinajstić information content (AvgIpc) is 2.81. The smallest absolute Gasteiger partial charge is 0.255 e. The molecular formula is C25H34N2O5. The number of nitrogens with one attached hydrogen (secondary N) is 1. The van der Waals surface area contributed by atoms with Crippen LogP contribution in [0, 0.1) is 0 Å². The molecule has 0 atom stereocenters. The van der Waals surface area contributed by atoms with E-state index in [1.165, 1.54) is 5.56 Å². The Balaban J connectivity index is 1.58. The van der Waals surface area contributed by atoms with Crippen molar-refractivity contribution in [2.24, 2.45) is 0 Å². The molecule has 1 heterocycles. The maximum Gasteiger partial charge on any atom is 0.255 e. The number of carbonyl (C=O) groups is 1. The van der Waals surface area contributed by atoms with Gasteiger partial charge in [-0.25, -0.2) is 0 Å². The first-order valence-electron chi connectivity index (χ1n) is 11.2. The first kappa shape index (κ1) is 23.9. The average molecular weight is 443 g/mol. The second kappa shape index (κ2) is 12.3. The van der Waals surface area contributed by atoms with E-state index in [1.807, 2.05) is 19.1 Å². The van der Waals surface area contributed by atoms with Crippen molar-refractivity contribution >= 4 is 5.91 Å². The van der Waals surface area contributed by atoms with E-state index in [4.69, 9.17) is 18.9 Å². The zero-order chi connectivity index (χ0) is 22.8. The van der Waals surface area contributed by atoms with Gasteiger partial charge in [0.15, 0.2) is 0 Å². The lowest BCUT2D eigenvalue weighted by Crippen LogP contribution is -2.38. The van der Waals surface area contributed by atoms with Crippen molar-refractivity contribution in [3.05, 3.63) is 53.6 Å². The van der Waals surface area contributed by atoms with E-state index in [9.17, 15) is 4.79 Å². The molecule has 0 aliphatic carbocycles. The number of likely N-dealkylation sites (tertiary alicyclic amines) is 1. The van der Waals surface area contributed by atoms with E-state index in [-0.39, 0.29) is 12.0 Å². The number of nitrogens with zero attached hydrogens (tertiary/aromatic N) is 1. The van der Waals surface area contributed by atoms with Crippen molar-refractivity contribution in [3.63, 3.8) is 0 Å². The molecule has 1 saturated heterocycles. The molecule has 1 fully saturated rings. The highest BCUT2D eigenvalue weighted by molar-refractivity contribution is 5.97. The third kappa shape index (κ3) is 6.87. The van der Waals surface area contributed by atoms with Crippen LogP contribution in [0.1, 0.15) is 35.7 Å². The van der Waals surface area contributed by atoms with Gasteiger partial charge in [0.05, 0.1) is 25.9 Å². The van der Waals surface area contributed by atoms with Gasteiger partial charge < -0.3 is 24.3 Å². The van der Waals surface area contributed by atoms with Crippen molar-refractivity contribution in [1.82, 2.24) is 10.2 Å². The molecule has 1 N–H and O–H groups in total. The molecule has 0 radical (unpaired) electrons. The highest BCUT2D eigenvalue weighted by Gasteiger charge is 2.23. The van der Waals surface area contributed by atoms with Crippen LogP contribution in [0.5, 0.6) is 17.2 Å². The Labute approximate surface area is 190 Å². The van der Waals surface area contributed by atoms with E-state index in [2.05, 4.69) is 22.3 Å². The molecule has 1 aliphatic rings. The molecule has 3 rings (SSSR count). The molecule has 2 aromatic rings. The third-order valence-electron chi connectivity index (χ3n) is 5.47. The first-order valence-corrected chi connectivity index (χ1v) is 11.2. The summed E-state index contributed by atoms with van der Waals surface area (Å²) in [5.41, 5.74) is 1.76. The van der Waals surface area contributed by atoms with Crippen LogP contribution in [-0.2, 0) is 11.3 Å². The van der Waals surface area contributed by atoms with Gasteiger partial charge in [-0.15, -0.1) is 0 Å². The number of benzene rings is 2. The summed E-state index contributed by atoms with van der Waals surface area (Å²) < 4.78 is 22.2. The molecule has 0 bridgehead atoms. The van der Waals surface area contributed by atoms with Gasteiger partial charge in [-0.2, -0.15) is 0 Å². The second-order valence-electron chi connectivity index (χ2n) is 7.78. The van der Waals surface area contributed by atoms with E-state index >= 15 is 0 Å². The summed E-state index contributed by atoms with van der Waals surface area (Å²) in [6, 6.07) is 13.6. The Kier molecular flexibility index (Phi) is 9.19. The van der Waals surface area contributed by atoms with Crippen LogP contribution in [0.2, 0.25) is 0 Å². The van der Waals surface area contributed by atoms with Gasteiger partial charge in [-0.05, 0) is 49.6 Å². The van der Waals surface area contributed by atoms with Crippen LogP contribution in [0.25, 0.3) is 0 Å². The number of hydrogen-bond donors (Lipinski definition) is 1. The number of piperidine rings is 1. The monoisotopic (exact) mass is 442 g/mol. The largest absolute Gasteiger partial charge is 0.497 e. The van der Waals surface area contributed by atoms with Gasteiger partial charge in [0.1, 0.15) is 23.4 Å². The van der Waals surface area contributed by atoms with E-state index in [0.717, 1.165) is 38.2 Å². The van der Waals surface area contributed by atoms with E-state index < -0.39 is 0 Å². The van der Waals surface area contributed by atoms with Gasteiger partial charge in [0, 0.05) is 39.4 Å². The lowest BCUT2D eigenvalue weighted by molar-refractivity contribution is 0.0881. The standard InChI is InChI=1S/C25H34N2O5/c1-4-31-22-7-5-6-19(16-22)18-27-13-10-20(11-14-27)32-24-17-21(30-3)8-9-23(24)25(28)26-12-15-29-2/h5-9,16-17,20H,4,10-15,18H2,1-3H3,(H,26,28). The van der Waals surface area contributed by atoms with Crippen molar-refractivity contribution in [2.75, 3.05) is 47.1 Å². The van der Waals surface area contributed by atoms with Gasteiger partial charge in [-0.1, -0.05) is 12.1 Å². The molecular weight excluding hydrogens is 408 g/mol. The topological polar surface area (TPSA) is 69.3 Å². The summed E-state index contributed by atoms with van der Waals surface area (Å²) in [5.74, 6) is 1.96. The number of ether oxygens (including phenoxy) is 4. The maximum absolute atomic E-state index is 12.6. The Bertz CT molecular complexity index is 865. The second-order valence-corrected chi connectivity index (χ2v) is 7.78. The number of carbonyl (C=O) groups excluding carboxylic acids is 1. The van der Waals surface area contributed by atoms with E-state index in [1.54, 1.807) is 32.4 Å². The first-order chi connectivity index (χ1) is 15.6. The van der Waals surface area contributed by atoms with Gasteiger partial charge in [-0.3, -0.25) is 9.69 Å². The van der Waals surface area contributed by atoms with Crippen molar-refractivity contribution in [1.29, 1.82) is 0 Å². The molecule has 1 amide bonds. The van der Waals surface area contributed by atoms with Crippen molar-refractivity contribution in [3.8, 4) is 17.2 Å². The van der Waals surface area contributed by atoms with Crippen LogP contribution in [0.15, 0.2) is 42.5 Å². The van der Waals surface area contributed by atoms with Crippen LogP contribution in [-0.4, -0.2) is 64.0 Å². The molecule has 174 valence electrons. The van der Waals surface area contributed by atoms with Crippen LogP contribution >= 0.6 is 0 Å². The maximum atomic E-state index is 12.6. The van der Waals surface area contributed by atoms with Crippen molar-refractivity contribution in [2.45, 2.75) is 32.4 Å². The number of hydrogen-bond acceptors (Lipinski definition) is 6. The van der Waals surface area contributed by atoms with Crippen LogP contribution in [0.4, 0.5) is 0 Å². The fourth-order valence-electron chi connectivity index (χ4n) is 3.80. The van der Waals surface area contributed by atoms with Gasteiger partial charge in [0.2, 0.25) is 0 Å². The fourth-order valence-corrected chi connectivity index (χ4v) is 3.80. The lowest BCUT2D eigenvalue weighted by atomic mass is 10.1. The number of methoxy groups -OCH3 is 2. The normalized spacial score (nSPS) is 14.7. The highest BCUT2D eigenvalue weighted by Crippen LogP contribution is 2.28. The minimum Gasteiger partial charge on any atom is -0.497 e. The zero-order valence-electron chi connectivity index (χ0n) is 19.3. The summed E-state index contributed by atoms with van der Waals surface area (Å²) in [6.45, 7) is 6.33. The summed E-state index contributed by atoms with van der Waals surface area (Å²) in [7, 11) is 3.21. The minimum absolute atomic E-state index is 0.0543. The molecule has 0 aromatic heterocycles. The predicted molar refractivity (Wildman–Crippen MR) is 124 cm³/mol.